The molecule has 2 aromatic carbocycles. The van der Waals surface area contributed by atoms with Crippen molar-refractivity contribution in [2.24, 2.45) is 0 Å². The topological polar surface area (TPSA) is 45.2 Å². The fourth-order valence-electron chi connectivity index (χ4n) is 5.45. The van der Waals surface area contributed by atoms with E-state index in [1.807, 2.05) is 29.2 Å². The fourth-order valence-corrected chi connectivity index (χ4v) is 6.11. The van der Waals surface area contributed by atoms with Gasteiger partial charge >= 0.3 is 6.03 Å². The first kappa shape index (κ1) is 22.4. The Labute approximate surface area is 204 Å². The molecule has 172 valence electrons. The van der Waals surface area contributed by atoms with Gasteiger partial charge in [0, 0.05) is 28.4 Å². The van der Waals surface area contributed by atoms with E-state index in [1.54, 1.807) is 0 Å². The molecule has 2 amide bonds. The largest absolute Gasteiger partial charge is 0.335 e. The first-order valence-electron chi connectivity index (χ1n) is 12.5. The Kier molecular flexibility index (Phi) is 6.96. The predicted molar refractivity (Wildman–Crippen MR) is 140 cm³/mol. The van der Waals surface area contributed by atoms with E-state index in [-0.39, 0.29) is 18.1 Å². The molecule has 1 N–H and O–H groups in total. The quantitative estimate of drug-likeness (QED) is 0.392. The summed E-state index contributed by atoms with van der Waals surface area (Å²) in [6.07, 6.45) is 11.5. The molecule has 1 aromatic heterocycles. The Hall–Kier alpha value is -2.40. The average Bonchev–Trinajstić information content (AvgIpc) is 2.87. The summed E-state index contributed by atoms with van der Waals surface area (Å²) in [4.78, 5) is 21.0. The molecular weight excluding hydrogens is 474 g/mol. The highest BCUT2D eigenvalue weighted by molar-refractivity contribution is 9.10. The van der Waals surface area contributed by atoms with Gasteiger partial charge in [-0.2, -0.15) is 0 Å². The van der Waals surface area contributed by atoms with Crippen molar-refractivity contribution in [2.45, 2.75) is 76.3 Å². The zero-order valence-corrected chi connectivity index (χ0v) is 20.7. The molecule has 2 fully saturated rings. The van der Waals surface area contributed by atoms with Crippen molar-refractivity contribution in [2.75, 3.05) is 4.90 Å². The van der Waals surface area contributed by atoms with E-state index in [0.717, 1.165) is 70.8 Å². The summed E-state index contributed by atoms with van der Waals surface area (Å²) >= 11 is 3.83. The number of urea groups is 1. The highest BCUT2D eigenvalue weighted by Gasteiger charge is 2.31. The number of amides is 2. The van der Waals surface area contributed by atoms with Crippen LogP contribution in [0.1, 0.15) is 64.2 Å². The van der Waals surface area contributed by atoms with Crippen LogP contribution in [0.4, 0.5) is 10.6 Å². The molecule has 0 unspecified atom stereocenters. The smallest absolute Gasteiger partial charge is 0.323 e. The van der Waals surface area contributed by atoms with Crippen molar-refractivity contribution in [3.05, 3.63) is 59.1 Å². The number of halogens is 1. The molecule has 0 spiro atoms. The lowest BCUT2D eigenvalue weighted by Crippen LogP contribution is -2.51. The maximum atomic E-state index is 13.9. The molecule has 2 aliphatic rings. The Morgan fingerprint density at radius 1 is 0.818 bits per heavy atom. The van der Waals surface area contributed by atoms with Crippen LogP contribution in [0.2, 0.25) is 0 Å². The van der Waals surface area contributed by atoms with Crippen molar-refractivity contribution in [1.82, 2.24) is 10.3 Å². The second-order valence-corrected chi connectivity index (χ2v) is 10.2. The SMILES string of the molecule is O=C(NC1CCCCC1)N(c1nc(-c2ccccc2)c(Br)c2ccccc12)C1CCCCC1. The van der Waals surface area contributed by atoms with Crippen LogP contribution in [-0.4, -0.2) is 23.1 Å². The Bertz CT molecular complexity index is 1100. The predicted octanol–water partition coefficient (Wildman–Crippen LogP) is 7.85. The van der Waals surface area contributed by atoms with Crippen LogP contribution in [-0.2, 0) is 0 Å². The lowest BCUT2D eigenvalue weighted by molar-refractivity contribution is 0.233. The van der Waals surface area contributed by atoms with E-state index in [2.05, 4.69) is 51.6 Å². The number of nitrogens with one attached hydrogen (secondary N) is 1. The van der Waals surface area contributed by atoms with Gasteiger partial charge in [-0.1, -0.05) is 93.1 Å². The minimum atomic E-state index is 0.0211. The highest BCUT2D eigenvalue weighted by atomic mass is 79.9. The molecule has 0 aliphatic heterocycles. The first-order valence-corrected chi connectivity index (χ1v) is 13.2. The van der Waals surface area contributed by atoms with Crippen molar-refractivity contribution < 1.29 is 4.79 Å². The molecule has 0 atom stereocenters. The van der Waals surface area contributed by atoms with Gasteiger partial charge in [-0.25, -0.2) is 9.78 Å². The number of pyridine rings is 1. The van der Waals surface area contributed by atoms with Crippen LogP contribution in [0.3, 0.4) is 0 Å². The first-order chi connectivity index (χ1) is 16.2. The maximum absolute atomic E-state index is 13.9. The number of fused-ring (bicyclic) bond motifs is 1. The Morgan fingerprint density at radius 3 is 2.12 bits per heavy atom. The summed E-state index contributed by atoms with van der Waals surface area (Å²) in [5.74, 6) is 0.785. The Morgan fingerprint density at radius 2 is 1.42 bits per heavy atom. The van der Waals surface area contributed by atoms with Gasteiger partial charge in [0.1, 0.15) is 5.82 Å². The fraction of sp³-hybridized carbons (Fsp3) is 0.429. The summed E-state index contributed by atoms with van der Waals surface area (Å²) in [7, 11) is 0. The molecule has 0 radical (unpaired) electrons. The zero-order valence-electron chi connectivity index (χ0n) is 19.1. The third kappa shape index (κ3) is 4.79. The summed E-state index contributed by atoms with van der Waals surface area (Å²) in [5, 5.41) is 5.50. The van der Waals surface area contributed by atoms with Crippen LogP contribution in [0, 0.1) is 0 Å². The monoisotopic (exact) mass is 505 g/mol. The summed E-state index contributed by atoms with van der Waals surface area (Å²) in [5.41, 5.74) is 1.93. The van der Waals surface area contributed by atoms with E-state index >= 15 is 0 Å². The maximum Gasteiger partial charge on any atom is 0.323 e. The molecule has 5 rings (SSSR count). The van der Waals surface area contributed by atoms with Crippen molar-refractivity contribution in [3.8, 4) is 11.3 Å². The highest BCUT2D eigenvalue weighted by Crippen LogP contribution is 2.39. The molecule has 0 saturated heterocycles. The number of carbonyl (C=O) groups excluding carboxylic acids is 1. The minimum Gasteiger partial charge on any atom is -0.335 e. The molecular formula is C28H32BrN3O. The van der Waals surface area contributed by atoms with Crippen LogP contribution >= 0.6 is 15.9 Å². The molecule has 5 heteroatoms. The van der Waals surface area contributed by atoms with Gasteiger partial charge in [0.15, 0.2) is 0 Å². The lowest BCUT2D eigenvalue weighted by Gasteiger charge is -2.36. The third-order valence-electron chi connectivity index (χ3n) is 7.20. The van der Waals surface area contributed by atoms with Gasteiger partial charge in [-0.3, -0.25) is 4.90 Å². The van der Waals surface area contributed by atoms with Crippen LogP contribution in [0.25, 0.3) is 22.0 Å². The minimum absolute atomic E-state index is 0.0211. The number of rotatable bonds is 4. The third-order valence-corrected chi connectivity index (χ3v) is 8.00. The van der Waals surface area contributed by atoms with Gasteiger partial charge in [-0.15, -0.1) is 0 Å². The second-order valence-electron chi connectivity index (χ2n) is 9.46. The molecule has 2 aliphatic carbocycles. The van der Waals surface area contributed by atoms with Crippen LogP contribution in [0.5, 0.6) is 0 Å². The number of benzene rings is 2. The second kappa shape index (κ2) is 10.3. The van der Waals surface area contributed by atoms with Crippen molar-refractivity contribution >= 4 is 38.6 Å². The standard InChI is InChI=1S/C28H32BrN3O/c29-25-23-18-10-11-19-24(23)27(31-26(25)20-12-4-1-5-13-20)32(22-16-8-3-9-17-22)28(33)30-21-14-6-2-7-15-21/h1,4-5,10-13,18-19,21-22H,2-3,6-9,14-17H2,(H,30,33). The number of aromatic nitrogens is 1. The number of nitrogens with zero attached hydrogens (tertiary/aromatic N) is 2. The van der Waals surface area contributed by atoms with Crippen molar-refractivity contribution in [3.63, 3.8) is 0 Å². The van der Waals surface area contributed by atoms with Gasteiger partial charge < -0.3 is 5.32 Å². The molecule has 2 saturated carbocycles. The van der Waals surface area contributed by atoms with E-state index in [1.165, 1.54) is 25.7 Å². The normalized spacial score (nSPS) is 17.7. The lowest BCUT2D eigenvalue weighted by atomic mass is 9.93. The summed E-state index contributed by atoms with van der Waals surface area (Å²) in [6, 6.07) is 19.0. The molecule has 3 aromatic rings. The molecule has 0 bridgehead atoms. The number of carbonyl (C=O) groups is 1. The van der Waals surface area contributed by atoms with E-state index in [4.69, 9.17) is 4.98 Å². The van der Waals surface area contributed by atoms with E-state index in [9.17, 15) is 4.79 Å². The van der Waals surface area contributed by atoms with E-state index in [0.29, 0.717) is 0 Å². The zero-order chi connectivity index (χ0) is 22.6. The number of anilines is 1. The average molecular weight is 506 g/mol. The summed E-state index contributed by atoms with van der Waals surface area (Å²) in [6.45, 7) is 0. The molecule has 33 heavy (non-hydrogen) atoms. The van der Waals surface area contributed by atoms with Crippen molar-refractivity contribution in [1.29, 1.82) is 0 Å². The van der Waals surface area contributed by atoms with Crippen LogP contribution in [0.15, 0.2) is 59.1 Å². The Balaban J connectivity index is 1.63. The molecule has 4 nitrogen and oxygen atoms in total. The number of hydrogen-bond acceptors (Lipinski definition) is 2. The van der Waals surface area contributed by atoms with E-state index < -0.39 is 0 Å². The molecule has 1 heterocycles. The van der Waals surface area contributed by atoms with Gasteiger partial charge in [0.2, 0.25) is 0 Å². The van der Waals surface area contributed by atoms with Crippen LogP contribution < -0.4 is 10.2 Å². The van der Waals surface area contributed by atoms with Gasteiger partial charge in [0.25, 0.3) is 0 Å². The van der Waals surface area contributed by atoms with Gasteiger partial charge in [0.05, 0.1) is 10.2 Å². The summed E-state index contributed by atoms with van der Waals surface area (Å²) < 4.78 is 0.976. The number of hydrogen-bond donors (Lipinski definition) is 1. The van der Waals surface area contributed by atoms with Gasteiger partial charge in [-0.05, 0) is 41.6 Å².